The van der Waals surface area contributed by atoms with Crippen LogP contribution in [0, 0.1) is 0 Å². The van der Waals surface area contributed by atoms with Gasteiger partial charge in [0.15, 0.2) is 0 Å². The Morgan fingerprint density at radius 1 is 1.45 bits per heavy atom. The van der Waals surface area contributed by atoms with Crippen LogP contribution in [0.4, 0.5) is 0 Å². The molecule has 1 aliphatic carbocycles. The molecule has 0 unspecified atom stereocenters. The van der Waals surface area contributed by atoms with Crippen LogP contribution in [0.2, 0.25) is 5.02 Å². The molecule has 1 aromatic rings. The second-order valence-electron chi connectivity index (χ2n) is 4.69. The first-order chi connectivity index (χ1) is 9.31. The zero-order valence-corrected chi connectivity index (χ0v) is 12.4. The third kappa shape index (κ3) is 3.29. The molecule has 1 aromatic carbocycles. The van der Waals surface area contributed by atoms with Crippen molar-refractivity contribution in [3.8, 4) is 0 Å². The predicted octanol–water partition coefficient (Wildman–Crippen LogP) is 0.895. The zero-order valence-electron chi connectivity index (χ0n) is 10.8. The van der Waals surface area contributed by atoms with Crippen molar-refractivity contribution in [3.63, 3.8) is 0 Å². The summed E-state index contributed by atoms with van der Waals surface area (Å²) in [5.41, 5.74) is 0.0964. The average Bonchev–Trinajstić information content (AvgIpc) is 2.31. The summed E-state index contributed by atoms with van der Waals surface area (Å²) < 4.78 is 27.7. The van der Waals surface area contributed by atoms with Gasteiger partial charge in [0, 0.05) is 13.2 Å². The number of halogens is 1. The van der Waals surface area contributed by atoms with Gasteiger partial charge in [-0.25, -0.2) is 13.6 Å². The summed E-state index contributed by atoms with van der Waals surface area (Å²) in [5.74, 6) is -0.417. The molecule has 0 aliphatic heterocycles. The fourth-order valence-corrected chi connectivity index (χ4v) is 2.74. The molecule has 0 atom stereocenters. The summed E-state index contributed by atoms with van der Waals surface area (Å²) in [4.78, 5) is 11.9. The Bertz CT molecular complexity index is 626. The molecule has 1 aliphatic rings. The Kier molecular flexibility index (Phi) is 4.33. The predicted molar refractivity (Wildman–Crippen MR) is 74.1 cm³/mol. The Hall–Kier alpha value is -1.15. The lowest BCUT2D eigenvalue weighted by Crippen LogP contribution is -2.47. The Balaban J connectivity index is 2.14. The van der Waals surface area contributed by atoms with Gasteiger partial charge in [0.25, 0.3) is 5.91 Å². The molecule has 3 N–H and O–H groups in total. The number of sulfonamides is 1. The lowest BCUT2D eigenvalue weighted by atomic mass is 9.89. The number of carbonyl (C=O) groups is 1. The molecular weight excluding hydrogens is 304 g/mol. The molecule has 0 bridgehead atoms. The molecule has 1 fully saturated rings. The first-order valence-corrected chi connectivity index (χ1v) is 7.89. The number of hydrogen-bond donors (Lipinski definition) is 2. The number of nitrogens with two attached hydrogens (primary N) is 1. The highest BCUT2D eigenvalue weighted by molar-refractivity contribution is 7.89. The van der Waals surface area contributed by atoms with Crippen LogP contribution in [-0.2, 0) is 14.8 Å². The zero-order chi connectivity index (χ0) is 14.9. The van der Waals surface area contributed by atoms with Crippen LogP contribution >= 0.6 is 11.6 Å². The maximum atomic E-state index is 12.1. The molecule has 0 radical (unpaired) electrons. The Morgan fingerprint density at radius 3 is 2.65 bits per heavy atom. The van der Waals surface area contributed by atoms with E-state index in [1.807, 2.05) is 0 Å². The molecule has 0 heterocycles. The van der Waals surface area contributed by atoms with E-state index in [1.54, 1.807) is 7.11 Å². The standard InChI is InChI=1S/C12H15ClN2O4S/c1-19-8-4-7(5-8)15-12(16)10-6-9(20(14,17)18)2-3-11(10)13/h2-3,6-8H,4-5H2,1H3,(H,15,16)(H2,14,17,18). The molecule has 6 nitrogen and oxygen atoms in total. The summed E-state index contributed by atoms with van der Waals surface area (Å²) in [6.45, 7) is 0. The minimum Gasteiger partial charge on any atom is -0.381 e. The third-order valence-electron chi connectivity index (χ3n) is 3.27. The van der Waals surface area contributed by atoms with Gasteiger partial charge < -0.3 is 10.1 Å². The molecule has 110 valence electrons. The van der Waals surface area contributed by atoms with E-state index in [4.69, 9.17) is 21.5 Å². The SMILES string of the molecule is COC1CC(NC(=O)c2cc(S(N)(=O)=O)ccc2Cl)C1. The van der Waals surface area contributed by atoms with E-state index < -0.39 is 15.9 Å². The highest BCUT2D eigenvalue weighted by Crippen LogP contribution is 2.24. The number of rotatable bonds is 4. The normalized spacial score (nSPS) is 22.1. The lowest BCUT2D eigenvalue weighted by Gasteiger charge is -2.34. The largest absolute Gasteiger partial charge is 0.381 e. The van der Waals surface area contributed by atoms with Crippen molar-refractivity contribution < 1.29 is 17.9 Å². The second kappa shape index (κ2) is 5.69. The van der Waals surface area contributed by atoms with Crippen LogP contribution in [0.15, 0.2) is 23.1 Å². The van der Waals surface area contributed by atoms with Gasteiger partial charge in [-0.15, -0.1) is 0 Å². The topological polar surface area (TPSA) is 98.5 Å². The van der Waals surface area contributed by atoms with Gasteiger partial charge in [-0.3, -0.25) is 4.79 Å². The Labute approximate surface area is 122 Å². The van der Waals surface area contributed by atoms with E-state index in [-0.39, 0.29) is 27.6 Å². The number of benzene rings is 1. The van der Waals surface area contributed by atoms with Crippen LogP contribution in [-0.4, -0.2) is 33.6 Å². The first kappa shape index (κ1) is 15.2. The van der Waals surface area contributed by atoms with Gasteiger partial charge in [0.2, 0.25) is 10.0 Å². The fourth-order valence-electron chi connectivity index (χ4n) is 1.99. The van der Waals surface area contributed by atoms with Gasteiger partial charge in [0.05, 0.1) is 21.6 Å². The van der Waals surface area contributed by atoms with E-state index in [2.05, 4.69) is 5.32 Å². The van der Waals surface area contributed by atoms with Crippen molar-refractivity contribution in [3.05, 3.63) is 28.8 Å². The van der Waals surface area contributed by atoms with Crippen molar-refractivity contribution >= 4 is 27.5 Å². The van der Waals surface area contributed by atoms with Gasteiger partial charge in [0.1, 0.15) is 0 Å². The molecule has 1 amide bonds. The lowest BCUT2D eigenvalue weighted by molar-refractivity contribution is 0.0176. The monoisotopic (exact) mass is 318 g/mol. The summed E-state index contributed by atoms with van der Waals surface area (Å²) in [6, 6.07) is 3.80. The molecule has 8 heteroatoms. The molecular formula is C12H15ClN2O4S. The number of primary sulfonamides is 1. The molecule has 20 heavy (non-hydrogen) atoms. The summed E-state index contributed by atoms with van der Waals surface area (Å²) in [5, 5.41) is 7.99. The maximum Gasteiger partial charge on any atom is 0.253 e. The quantitative estimate of drug-likeness (QED) is 0.861. The summed E-state index contributed by atoms with van der Waals surface area (Å²) >= 11 is 5.92. The van der Waals surface area contributed by atoms with Crippen molar-refractivity contribution in [2.45, 2.75) is 29.9 Å². The van der Waals surface area contributed by atoms with Gasteiger partial charge >= 0.3 is 0 Å². The summed E-state index contributed by atoms with van der Waals surface area (Å²) in [7, 11) is -2.25. The van der Waals surface area contributed by atoms with Crippen LogP contribution in [0.1, 0.15) is 23.2 Å². The highest BCUT2D eigenvalue weighted by atomic mass is 35.5. The first-order valence-electron chi connectivity index (χ1n) is 5.97. The van der Waals surface area contributed by atoms with Crippen LogP contribution in [0.25, 0.3) is 0 Å². The van der Waals surface area contributed by atoms with Crippen LogP contribution in [0.5, 0.6) is 0 Å². The van der Waals surface area contributed by atoms with Gasteiger partial charge in [-0.2, -0.15) is 0 Å². The minimum atomic E-state index is -3.87. The number of amides is 1. The summed E-state index contributed by atoms with van der Waals surface area (Å²) in [6.07, 6.45) is 1.62. The fraction of sp³-hybridized carbons (Fsp3) is 0.417. The molecule has 0 spiro atoms. The van der Waals surface area contributed by atoms with Crippen molar-refractivity contribution in [1.82, 2.24) is 5.32 Å². The van der Waals surface area contributed by atoms with Crippen LogP contribution < -0.4 is 10.5 Å². The van der Waals surface area contributed by atoms with Gasteiger partial charge in [-0.1, -0.05) is 11.6 Å². The second-order valence-corrected chi connectivity index (χ2v) is 6.65. The molecule has 2 rings (SSSR count). The van der Waals surface area contributed by atoms with E-state index in [1.165, 1.54) is 18.2 Å². The van der Waals surface area contributed by atoms with E-state index >= 15 is 0 Å². The number of methoxy groups -OCH3 is 1. The van der Waals surface area contributed by atoms with E-state index in [9.17, 15) is 13.2 Å². The van der Waals surface area contributed by atoms with Crippen molar-refractivity contribution in [1.29, 1.82) is 0 Å². The smallest absolute Gasteiger partial charge is 0.253 e. The maximum absolute atomic E-state index is 12.1. The van der Waals surface area contributed by atoms with E-state index in [0.29, 0.717) is 0 Å². The number of nitrogens with one attached hydrogen (secondary N) is 1. The number of hydrogen-bond acceptors (Lipinski definition) is 4. The molecule has 1 saturated carbocycles. The van der Waals surface area contributed by atoms with Crippen LogP contribution in [0.3, 0.4) is 0 Å². The molecule has 0 aromatic heterocycles. The number of ether oxygens (including phenoxy) is 1. The number of carbonyl (C=O) groups excluding carboxylic acids is 1. The highest BCUT2D eigenvalue weighted by Gasteiger charge is 2.30. The van der Waals surface area contributed by atoms with Crippen molar-refractivity contribution in [2.75, 3.05) is 7.11 Å². The van der Waals surface area contributed by atoms with Gasteiger partial charge in [-0.05, 0) is 31.0 Å². The minimum absolute atomic E-state index is 0.0154. The Morgan fingerprint density at radius 2 is 2.10 bits per heavy atom. The average molecular weight is 319 g/mol. The third-order valence-corrected chi connectivity index (χ3v) is 4.51. The molecule has 0 saturated heterocycles. The van der Waals surface area contributed by atoms with E-state index in [0.717, 1.165) is 12.8 Å². The van der Waals surface area contributed by atoms with Crippen molar-refractivity contribution in [2.24, 2.45) is 5.14 Å².